The molecule has 144 valence electrons. The third-order valence-electron chi connectivity index (χ3n) is 4.96. The number of thiazole rings is 1. The highest BCUT2D eigenvalue weighted by Crippen LogP contribution is 2.28. The quantitative estimate of drug-likeness (QED) is 0.251. The van der Waals surface area contributed by atoms with Crippen LogP contribution in [0, 0.1) is 0 Å². The number of nitrogens with zero attached hydrogens (tertiary/aromatic N) is 2. The summed E-state index contributed by atoms with van der Waals surface area (Å²) in [6.45, 7) is 0. The van der Waals surface area contributed by atoms with E-state index in [9.17, 15) is 0 Å². The van der Waals surface area contributed by atoms with Crippen LogP contribution in [0.1, 0.15) is 5.56 Å². The first-order valence-corrected chi connectivity index (χ1v) is 10.6. The molecular weight excluding hydrogens is 386 g/mol. The molecule has 4 heteroatoms. The Morgan fingerprint density at radius 1 is 0.733 bits per heavy atom. The first kappa shape index (κ1) is 18.3. The fourth-order valence-electron chi connectivity index (χ4n) is 3.45. The van der Waals surface area contributed by atoms with Crippen molar-refractivity contribution in [1.29, 1.82) is 0 Å². The summed E-state index contributed by atoms with van der Waals surface area (Å²) in [5.74, 6) is 0. The maximum Gasteiger partial charge on any atom is 0.203 e. The van der Waals surface area contributed by atoms with Gasteiger partial charge in [0.05, 0.1) is 11.9 Å². The van der Waals surface area contributed by atoms with Gasteiger partial charge in [-0.25, -0.2) is 4.98 Å². The molecule has 0 aliphatic rings. The molecule has 0 bridgehead atoms. The van der Waals surface area contributed by atoms with Crippen molar-refractivity contribution in [1.82, 2.24) is 4.98 Å². The van der Waals surface area contributed by atoms with E-state index in [4.69, 9.17) is 0 Å². The Labute approximate surface area is 179 Å². The molecule has 0 radical (unpaired) electrons. The van der Waals surface area contributed by atoms with Gasteiger partial charge in [-0.15, -0.1) is 11.3 Å². The highest BCUT2D eigenvalue weighted by Gasteiger charge is 2.04. The molecular formula is C26H19N3S. The molecule has 4 aromatic carbocycles. The van der Waals surface area contributed by atoms with E-state index < -0.39 is 0 Å². The number of hydrogen-bond acceptors (Lipinski definition) is 4. The van der Waals surface area contributed by atoms with E-state index in [1.807, 2.05) is 29.8 Å². The van der Waals surface area contributed by atoms with Crippen LogP contribution in [0.5, 0.6) is 0 Å². The second-order valence-electron chi connectivity index (χ2n) is 6.92. The largest absolute Gasteiger partial charge is 0.253 e. The number of hydrazone groups is 1. The molecule has 0 saturated carbocycles. The first-order valence-electron chi connectivity index (χ1n) is 9.75. The zero-order chi connectivity index (χ0) is 20.2. The van der Waals surface area contributed by atoms with Gasteiger partial charge in [-0.2, -0.15) is 5.10 Å². The van der Waals surface area contributed by atoms with Crippen LogP contribution >= 0.6 is 11.3 Å². The number of aromatic nitrogens is 1. The highest BCUT2D eigenvalue weighted by atomic mass is 32.1. The number of rotatable bonds is 5. The summed E-state index contributed by atoms with van der Waals surface area (Å²) in [6.07, 6.45) is 1.82. The minimum absolute atomic E-state index is 0.775. The molecule has 0 saturated heterocycles. The van der Waals surface area contributed by atoms with Gasteiger partial charge in [-0.3, -0.25) is 5.43 Å². The van der Waals surface area contributed by atoms with E-state index in [0.717, 1.165) is 22.0 Å². The van der Waals surface area contributed by atoms with Crippen LogP contribution in [0.3, 0.4) is 0 Å². The number of hydrogen-bond donors (Lipinski definition) is 1. The Balaban J connectivity index is 1.30. The van der Waals surface area contributed by atoms with Gasteiger partial charge in [0.25, 0.3) is 0 Å². The van der Waals surface area contributed by atoms with E-state index >= 15 is 0 Å². The minimum atomic E-state index is 0.775. The van der Waals surface area contributed by atoms with Gasteiger partial charge < -0.3 is 0 Å². The van der Waals surface area contributed by atoms with E-state index in [-0.39, 0.29) is 0 Å². The topological polar surface area (TPSA) is 37.3 Å². The van der Waals surface area contributed by atoms with Crippen molar-refractivity contribution in [3.63, 3.8) is 0 Å². The molecule has 0 unspecified atom stereocenters. The zero-order valence-electron chi connectivity index (χ0n) is 16.2. The highest BCUT2D eigenvalue weighted by molar-refractivity contribution is 7.14. The van der Waals surface area contributed by atoms with Gasteiger partial charge in [0, 0.05) is 10.9 Å². The monoisotopic (exact) mass is 405 g/mol. The maximum absolute atomic E-state index is 4.59. The van der Waals surface area contributed by atoms with Crippen molar-refractivity contribution in [3.8, 4) is 22.4 Å². The van der Waals surface area contributed by atoms with Crippen LogP contribution in [0.25, 0.3) is 33.2 Å². The molecule has 0 fully saturated rings. The van der Waals surface area contributed by atoms with Crippen molar-refractivity contribution < 1.29 is 0 Å². The molecule has 3 nitrogen and oxygen atoms in total. The van der Waals surface area contributed by atoms with Gasteiger partial charge in [0.2, 0.25) is 5.13 Å². The molecule has 0 aliphatic heterocycles. The van der Waals surface area contributed by atoms with Crippen LogP contribution in [0.15, 0.2) is 108 Å². The zero-order valence-corrected chi connectivity index (χ0v) is 17.0. The standard InChI is InChI=1S/C26H19N3S/c1-2-8-22(9-3-1)25-18-30-26(28-25)29-27-17-19-13-15-21(16-14-19)24-12-6-10-20-7-4-5-11-23(20)24/h1-18H,(H,28,29). The van der Waals surface area contributed by atoms with E-state index in [0.29, 0.717) is 0 Å². The number of fused-ring (bicyclic) bond motifs is 1. The second-order valence-corrected chi connectivity index (χ2v) is 7.78. The van der Waals surface area contributed by atoms with Crippen LogP contribution in [-0.2, 0) is 0 Å². The van der Waals surface area contributed by atoms with Crippen molar-refractivity contribution in [2.45, 2.75) is 0 Å². The molecule has 5 aromatic rings. The van der Waals surface area contributed by atoms with Gasteiger partial charge >= 0.3 is 0 Å². The average molecular weight is 406 g/mol. The normalized spacial score (nSPS) is 11.2. The Hall–Kier alpha value is -3.76. The fraction of sp³-hybridized carbons (Fsp3) is 0. The second kappa shape index (κ2) is 8.31. The van der Waals surface area contributed by atoms with Crippen LogP contribution in [0.2, 0.25) is 0 Å². The Morgan fingerprint density at radius 3 is 2.37 bits per heavy atom. The summed E-state index contributed by atoms with van der Waals surface area (Å²) in [7, 11) is 0. The Morgan fingerprint density at radius 2 is 1.50 bits per heavy atom. The predicted molar refractivity (Wildman–Crippen MR) is 128 cm³/mol. The van der Waals surface area contributed by atoms with Crippen molar-refractivity contribution in [3.05, 3.63) is 108 Å². The minimum Gasteiger partial charge on any atom is -0.253 e. The molecule has 0 amide bonds. The Bertz CT molecular complexity index is 1300. The summed E-state index contributed by atoms with van der Waals surface area (Å²) in [5.41, 5.74) is 8.57. The third kappa shape index (κ3) is 3.86. The lowest BCUT2D eigenvalue weighted by Crippen LogP contribution is -1.90. The molecule has 0 spiro atoms. The van der Waals surface area contributed by atoms with Crippen molar-refractivity contribution >= 4 is 33.5 Å². The maximum atomic E-state index is 4.59. The van der Waals surface area contributed by atoms with Crippen LogP contribution in [0.4, 0.5) is 5.13 Å². The van der Waals surface area contributed by atoms with Gasteiger partial charge in [-0.05, 0) is 27.5 Å². The van der Waals surface area contributed by atoms with Crippen LogP contribution < -0.4 is 5.43 Å². The molecule has 1 N–H and O–H groups in total. The van der Waals surface area contributed by atoms with E-state index in [1.165, 1.54) is 21.9 Å². The molecule has 0 aliphatic carbocycles. The van der Waals surface area contributed by atoms with E-state index in [1.54, 1.807) is 11.3 Å². The Kier molecular flexibility index (Phi) is 5.06. The number of nitrogens with one attached hydrogen (secondary N) is 1. The van der Waals surface area contributed by atoms with Gasteiger partial charge in [0.15, 0.2) is 0 Å². The number of anilines is 1. The summed E-state index contributed by atoms with van der Waals surface area (Å²) in [4.78, 5) is 4.59. The molecule has 5 rings (SSSR count). The van der Waals surface area contributed by atoms with Gasteiger partial charge in [-0.1, -0.05) is 97.1 Å². The van der Waals surface area contributed by atoms with E-state index in [2.05, 4.69) is 94.4 Å². The predicted octanol–water partition coefficient (Wildman–Crippen LogP) is 7.08. The van der Waals surface area contributed by atoms with Gasteiger partial charge in [0.1, 0.15) is 0 Å². The summed E-state index contributed by atoms with van der Waals surface area (Å²) in [5, 5.41) is 9.67. The third-order valence-corrected chi connectivity index (χ3v) is 5.71. The molecule has 1 aromatic heterocycles. The fourth-order valence-corrected chi connectivity index (χ4v) is 4.12. The smallest absolute Gasteiger partial charge is 0.203 e. The summed E-state index contributed by atoms with van der Waals surface area (Å²) in [6, 6.07) is 33.5. The SMILES string of the molecule is C(=NNc1nc(-c2ccccc2)cs1)c1ccc(-c2cccc3ccccc23)cc1. The number of benzene rings is 4. The molecule has 30 heavy (non-hydrogen) atoms. The van der Waals surface area contributed by atoms with Crippen molar-refractivity contribution in [2.75, 3.05) is 5.43 Å². The molecule has 0 atom stereocenters. The summed E-state index contributed by atoms with van der Waals surface area (Å²) >= 11 is 1.54. The first-order chi connectivity index (χ1) is 14.9. The van der Waals surface area contributed by atoms with Crippen molar-refractivity contribution in [2.24, 2.45) is 5.10 Å². The lowest BCUT2D eigenvalue weighted by Gasteiger charge is -2.07. The lowest BCUT2D eigenvalue weighted by molar-refractivity contribution is 1.29. The van der Waals surface area contributed by atoms with Crippen LogP contribution in [-0.4, -0.2) is 11.2 Å². The molecule has 1 heterocycles. The lowest BCUT2D eigenvalue weighted by atomic mass is 9.98. The summed E-state index contributed by atoms with van der Waals surface area (Å²) < 4.78 is 0. The average Bonchev–Trinajstić information content (AvgIpc) is 3.29.